The molecule has 11 aromatic rings. The smallest absolute Gasteiger partial charge is 0.0836 e. The largest absolute Gasteiger partial charge is 0.243 e. The zero-order valence-corrected chi connectivity index (χ0v) is 51.8. The summed E-state index contributed by atoms with van der Waals surface area (Å²) in [7, 11) is 0. The van der Waals surface area contributed by atoms with E-state index in [9.17, 15) is 0 Å². The molecule has 0 spiro atoms. The van der Waals surface area contributed by atoms with Gasteiger partial charge in [0.15, 0.2) is 0 Å². The zero-order chi connectivity index (χ0) is 59.2. The molecule has 85 heavy (non-hydrogen) atoms. The van der Waals surface area contributed by atoms with E-state index in [-0.39, 0.29) is 6.71 Å². The highest BCUT2D eigenvalue weighted by molar-refractivity contribution is 6.97. The van der Waals surface area contributed by atoms with E-state index in [2.05, 4.69) is 314 Å². The predicted octanol–water partition coefficient (Wildman–Crippen LogP) is 20.8. The maximum atomic E-state index is 2.50. The molecule has 0 amide bonds. The molecule has 0 aromatic heterocycles. The van der Waals surface area contributed by atoms with Crippen LogP contribution in [-0.2, 0) is 0 Å². The van der Waals surface area contributed by atoms with Crippen LogP contribution in [0.5, 0.6) is 0 Å². The van der Waals surface area contributed by atoms with Crippen molar-refractivity contribution in [1.82, 2.24) is 0 Å². The first-order valence-electron chi connectivity index (χ1n) is 30.6. The maximum absolute atomic E-state index is 2.50. The van der Waals surface area contributed by atoms with E-state index in [0.717, 1.165) is 6.42 Å². The highest BCUT2D eigenvalue weighted by atomic mass is 14.3. The molecular weight excluding hydrogens is 1020 g/mol. The second kappa shape index (κ2) is 23.6. The third-order valence-electron chi connectivity index (χ3n) is 19.5. The molecule has 0 saturated carbocycles. The predicted molar refractivity (Wildman–Crippen MR) is 370 cm³/mol. The molecule has 0 N–H and O–H groups in total. The van der Waals surface area contributed by atoms with E-state index in [1.807, 2.05) is 0 Å². The molecule has 11 aromatic carbocycles. The molecular formula is C84H77B. The van der Waals surface area contributed by atoms with E-state index in [1.54, 1.807) is 0 Å². The standard InChI is InChI=1S/C84H77B/c1-52-58(7)82(59(8)53(2)79(52)76-46-70(64-31-19-13-20-32-64)43-71(47-76)65-33-21-14-22-34-65)85(83-60(9)54(3)80(55(4)61(83)10)77-48-72(66-35-23-15-24-36-66)44-73(49-77)67-37-25-16-26-38-67)84-62(11)56(5)81(57(6)63(84)12)78-50-74(68-39-27-17-28-40-68)45-75(51-78)69-41-29-18-30-42-69/h13-41,43-51,69H,42H2,1-12H3. The van der Waals surface area contributed by atoms with Crippen molar-refractivity contribution in [3.05, 3.63) is 303 Å². The van der Waals surface area contributed by atoms with Gasteiger partial charge in [-0.25, -0.2) is 0 Å². The summed E-state index contributed by atoms with van der Waals surface area (Å²) in [6.07, 6.45) is 10.1. The Labute approximate surface area is 507 Å². The van der Waals surface area contributed by atoms with Crippen LogP contribution < -0.4 is 16.4 Å². The van der Waals surface area contributed by atoms with Crippen molar-refractivity contribution < 1.29 is 0 Å². The van der Waals surface area contributed by atoms with Crippen LogP contribution in [0, 0.1) is 83.1 Å². The highest BCUT2D eigenvalue weighted by Crippen LogP contribution is 2.42. The fraction of sp³-hybridized carbons (Fsp3) is 0.167. The fourth-order valence-electron chi connectivity index (χ4n) is 14.4. The lowest BCUT2D eigenvalue weighted by molar-refractivity contribution is 0.854. The molecule has 0 bridgehead atoms. The molecule has 0 aliphatic heterocycles. The second-order valence-electron chi connectivity index (χ2n) is 24.2. The molecule has 1 aliphatic carbocycles. The minimum atomic E-state index is -0.0687. The number of allylic oxidation sites excluding steroid dienone is 4. The summed E-state index contributed by atoms with van der Waals surface area (Å²) in [5, 5.41) is 0. The summed E-state index contributed by atoms with van der Waals surface area (Å²) in [6, 6.07) is 76.4. The van der Waals surface area contributed by atoms with Crippen molar-refractivity contribution in [3.8, 4) is 89.0 Å². The molecule has 0 radical (unpaired) electrons. The quantitative estimate of drug-likeness (QED) is 0.107. The molecule has 1 atom stereocenters. The number of benzene rings is 11. The number of hydrogen-bond donors (Lipinski definition) is 0. The molecule has 0 nitrogen and oxygen atoms in total. The van der Waals surface area contributed by atoms with Gasteiger partial charge in [0.05, 0.1) is 0 Å². The van der Waals surface area contributed by atoms with Crippen LogP contribution >= 0.6 is 0 Å². The van der Waals surface area contributed by atoms with Crippen molar-refractivity contribution >= 4 is 23.1 Å². The lowest BCUT2D eigenvalue weighted by Crippen LogP contribution is -2.58. The summed E-state index contributed by atoms with van der Waals surface area (Å²) in [6.45, 7) is 28.9. The van der Waals surface area contributed by atoms with Crippen LogP contribution in [0.2, 0.25) is 0 Å². The monoisotopic (exact) mass is 1100 g/mol. The summed E-state index contributed by atoms with van der Waals surface area (Å²) in [5.41, 5.74) is 41.8. The van der Waals surface area contributed by atoms with Crippen molar-refractivity contribution in [2.45, 2.75) is 95.4 Å². The molecule has 416 valence electrons. The fourth-order valence-corrected chi connectivity index (χ4v) is 14.4. The lowest BCUT2D eigenvalue weighted by atomic mass is 9.32. The van der Waals surface area contributed by atoms with Gasteiger partial charge < -0.3 is 0 Å². The van der Waals surface area contributed by atoms with E-state index in [0.29, 0.717) is 5.92 Å². The molecule has 1 heteroatoms. The summed E-state index contributed by atoms with van der Waals surface area (Å²) >= 11 is 0. The van der Waals surface area contributed by atoms with Crippen molar-refractivity contribution in [2.24, 2.45) is 0 Å². The van der Waals surface area contributed by atoms with Crippen molar-refractivity contribution in [2.75, 3.05) is 0 Å². The average molecular weight is 1100 g/mol. The van der Waals surface area contributed by atoms with Crippen LogP contribution in [0.3, 0.4) is 0 Å². The Bertz CT molecular complexity index is 4010. The first-order chi connectivity index (χ1) is 41.2. The van der Waals surface area contributed by atoms with Gasteiger partial charge in [0.25, 0.3) is 0 Å². The van der Waals surface area contributed by atoms with E-state index in [4.69, 9.17) is 0 Å². The SMILES string of the molecule is Cc1c(C)c(-c2cc(-c3ccccc3)cc(-c3ccccc3)c2)c(C)c(C)c1B(c1c(C)c(C)c(-c2cc(-c3ccccc3)cc(-c3ccccc3)c2)c(C)c1C)c1c(C)c(C)c(-c2cc(-c3ccccc3)cc(C3C=CC=CC3)c2)c(C)c1C. The Kier molecular flexibility index (Phi) is 15.6. The summed E-state index contributed by atoms with van der Waals surface area (Å²) < 4.78 is 0. The Morgan fingerprint density at radius 3 is 0.741 bits per heavy atom. The van der Waals surface area contributed by atoms with Crippen LogP contribution in [-0.4, -0.2) is 6.71 Å². The zero-order valence-electron chi connectivity index (χ0n) is 51.8. The van der Waals surface area contributed by atoms with Crippen molar-refractivity contribution in [1.29, 1.82) is 0 Å². The van der Waals surface area contributed by atoms with Gasteiger partial charge >= 0.3 is 0 Å². The summed E-state index contributed by atoms with van der Waals surface area (Å²) in [4.78, 5) is 0. The highest BCUT2D eigenvalue weighted by Gasteiger charge is 2.36. The first kappa shape index (κ1) is 56.4. The normalized spacial score (nSPS) is 12.9. The van der Waals surface area contributed by atoms with Gasteiger partial charge in [0.1, 0.15) is 0 Å². The molecule has 0 fully saturated rings. The molecule has 1 unspecified atom stereocenters. The first-order valence-corrected chi connectivity index (χ1v) is 30.6. The Morgan fingerprint density at radius 1 is 0.247 bits per heavy atom. The van der Waals surface area contributed by atoms with E-state index in [1.165, 1.54) is 178 Å². The van der Waals surface area contributed by atoms with Crippen LogP contribution in [0.1, 0.15) is 84.7 Å². The molecule has 0 saturated heterocycles. The van der Waals surface area contributed by atoms with Crippen molar-refractivity contribution in [3.63, 3.8) is 0 Å². The molecule has 0 heterocycles. The Hall–Kier alpha value is -9.04. The number of rotatable bonds is 12. The topological polar surface area (TPSA) is 0 Å². The van der Waals surface area contributed by atoms with Gasteiger partial charge in [-0.3, -0.25) is 0 Å². The van der Waals surface area contributed by atoms with E-state index < -0.39 is 0 Å². The lowest BCUT2D eigenvalue weighted by Gasteiger charge is -2.33. The molecule has 1 aliphatic rings. The van der Waals surface area contributed by atoms with Crippen LogP contribution in [0.25, 0.3) is 89.0 Å². The minimum Gasteiger partial charge on any atom is -0.0836 e. The number of hydrogen-bond acceptors (Lipinski definition) is 0. The van der Waals surface area contributed by atoms with E-state index >= 15 is 0 Å². The van der Waals surface area contributed by atoms with Gasteiger partial charge in [-0.1, -0.05) is 238 Å². The van der Waals surface area contributed by atoms with Gasteiger partial charge in [0, 0.05) is 5.92 Å². The third kappa shape index (κ3) is 10.5. The maximum Gasteiger partial charge on any atom is 0.243 e. The minimum absolute atomic E-state index is 0.0687. The van der Waals surface area contributed by atoms with Crippen LogP contribution in [0.15, 0.2) is 231 Å². The van der Waals surface area contributed by atoms with Gasteiger partial charge in [-0.15, -0.1) is 0 Å². The Balaban J connectivity index is 1.12. The van der Waals surface area contributed by atoms with Gasteiger partial charge in [0.2, 0.25) is 6.71 Å². The van der Waals surface area contributed by atoms with Gasteiger partial charge in [-0.05, 0) is 260 Å². The van der Waals surface area contributed by atoms with Gasteiger partial charge in [-0.2, -0.15) is 0 Å². The summed E-state index contributed by atoms with van der Waals surface area (Å²) in [5.74, 6) is 0.316. The second-order valence-corrected chi connectivity index (χ2v) is 24.2. The molecule has 12 rings (SSSR count). The van der Waals surface area contributed by atoms with Crippen LogP contribution in [0.4, 0.5) is 0 Å². The Morgan fingerprint density at radius 2 is 0.482 bits per heavy atom. The third-order valence-corrected chi connectivity index (χ3v) is 19.5. The average Bonchev–Trinajstić information content (AvgIpc) is 1.75.